The van der Waals surface area contributed by atoms with E-state index in [9.17, 15) is 17.3 Å². The molecule has 0 saturated heterocycles. The van der Waals surface area contributed by atoms with E-state index in [-0.39, 0.29) is 0 Å². The highest BCUT2D eigenvalue weighted by Crippen LogP contribution is 2.09. The van der Waals surface area contributed by atoms with Crippen LogP contribution in [0.25, 0.3) is 0 Å². The Kier molecular flexibility index (Phi) is 16.5. The molecule has 3 N–H and O–H groups in total. The molecule has 0 heterocycles. The molecule has 6 heteroatoms. The summed E-state index contributed by atoms with van der Waals surface area (Å²) in [5, 5.41) is 0. The van der Waals surface area contributed by atoms with Crippen LogP contribution in [-0.4, -0.2) is 13.8 Å². The predicted octanol–water partition coefficient (Wildman–Crippen LogP) is 4.45. The first-order chi connectivity index (χ1) is 8.41. The number of hydrogen-bond acceptors (Lipinski definition) is 0. The predicted molar refractivity (Wildman–Crippen MR) is 69.8 cm³/mol. The molecule has 0 rings (SSSR count). The molecule has 18 heavy (non-hydrogen) atoms. The fraction of sp³-hybridized carbons (Fsp3) is 1.00. The van der Waals surface area contributed by atoms with Crippen molar-refractivity contribution in [1.29, 1.82) is 0 Å². The van der Waals surface area contributed by atoms with Gasteiger partial charge in [-0.05, 0) is 12.8 Å². The first kappa shape index (κ1) is 20.1. The lowest BCUT2D eigenvalue weighted by Gasteiger charge is -2.00. The Morgan fingerprint density at radius 3 is 1.22 bits per heavy atom. The Labute approximate surface area is 109 Å². The topological polar surface area (TPSA) is 27.6 Å². The third-order valence-corrected chi connectivity index (χ3v) is 2.60. The molecule has 112 valence electrons. The van der Waals surface area contributed by atoms with Crippen LogP contribution >= 0.6 is 0 Å². The van der Waals surface area contributed by atoms with E-state index < -0.39 is 7.25 Å². The number of unbranched alkanes of at least 4 members (excludes halogenated alkanes) is 9. The molecule has 0 aliphatic carbocycles. The first-order valence-electron chi connectivity index (χ1n) is 7.08. The Bertz CT molecular complexity index is 138. The zero-order valence-electron chi connectivity index (χ0n) is 11.6. The van der Waals surface area contributed by atoms with Gasteiger partial charge in [0.25, 0.3) is 0 Å². The molecule has 0 atom stereocenters. The summed E-state index contributed by atoms with van der Waals surface area (Å²) in [6, 6.07) is 0. The molecule has 1 nitrogen and oxygen atoms in total. The van der Waals surface area contributed by atoms with Gasteiger partial charge in [0.1, 0.15) is 0 Å². The highest BCUT2D eigenvalue weighted by atomic mass is 19.5. The molecule has 0 saturated carbocycles. The molecule has 0 aliphatic rings. The van der Waals surface area contributed by atoms with E-state index in [1.54, 1.807) is 0 Å². The summed E-state index contributed by atoms with van der Waals surface area (Å²) < 4.78 is 39.0. The molecule has 0 aromatic heterocycles. The van der Waals surface area contributed by atoms with Crippen LogP contribution in [0.3, 0.4) is 0 Å². The quantitative estimate of drug-likeness (QED) is 0.346. The standard InChI is InChI=1S/C12H27N.BF4/c1-2-3-4-5-6-7-8-9-10-11-12-13;2-1(3,4)5/h2-13H2,1H3;/q;-1/p+1. The molecule has 0 aliphatic heterocycles. The molecule has 0 aromatic carbocycles. The monoisotopic (exact) mass is 273 g/mol. The fourth-order valence-corrected chi connectivity index (χ4v) is 1.66. The maximum absolute atomic E-state index is 9.75. The van der Waals surface area contributed by atoms with Crippen molar-refractivity contribution < 1.29 is 23.0 Å². The minimum atomic E-state index is -6.00. The van der Waals surface area contributed by atoms with Crippen LogP contribution in [0.1, 0.15) is 71.1 Å². The Balaban J connectivity index is 0. The van der Waals surface area contributed by atoms with Crippen LogP contribution in [0, 0.1) is 0 Å². The van der Waals surface area contributed by atoms with Crippen molar-refractivity contribution in [2.45, 2.75) is 71.1 Å². The third-order valence-electron chi connectivity index (χ3n) is 2.60. The van der Waals surface area contributed by atoms with Gasteiger partial charge in [-0.2, -0.15) is 0 Å². The minimum Gasteiger partial charge on any atom is -0.418 e. The van der Waals surface area contributed by atoms with Gasteiger partial charge in [0.05, 0.1) is 6.54 Å². The summed E-state index contributed by atoms with van der Waals surface area (Å²) in [6.07, 6.45) is 14.2. The van der Waals surface area contributed by atoms with E-state index in [0.29, 0.717) is 0 Å². The summed E-state index contributed by atoms with van der Waals surface area (Å²) in [6.45, 7) is 3.40. The highest BCUT2D eigenvalue weighted by Gasteiger charge is 2.20. The molecule has 0 bridgehead atoms. The number of halogens is 4. The molecule has 0 amide bonds. The van der Waals surface area contributed by atoms with Gasteiger partial charge >= 0.3 is 7.25 Å². The third kappa shape index (κ3) is 36.0. The van der Waals surface area contributed by atoms with Gasteiger partial charge in [-0.3, -0.25) is 0 Å². The van der Waals surface area contributed by atoms with Gasteiger partial charge in [0.15, 0.2) is 0 Å². The second-order valence-corrected chi connectivity index (χ2v) is 4.53. The zero-order chi connectivity index (χ0) is 14.3. The van der Waals surface area contributed by atoms with Gasteiger partial charge < -0.3 is 23.0 Å². The fourth-order valence-electron chi connectivity index (χ4n) is 1.66. The summed E-state index contributed by atoms with van der Waals surface area (Å²) in [7, 11) is -6.00. The van der Waals surface area contributed by atoms with Crippen LogP contribution in [0.2, 0.25) is 0 Å². The Morgan fingerprint density at radius 2 is 0.944 bits per heavy atom. The molecule has 0 fully saturated rings. The lowest BCUT2D eigenvalue weighted by Crippen LogP contribution is -2.50. The van der Waals surface area contributed by atoms with Gasteiger partial charge in [0, 0.05) is 0 Å². The number of rotatable bonds is 10. The smallest absolute Gasteiger partial charge is 0.418 e. The van der Waals surface area contributed by atoms with Crippen molar-refractivity contribution in [3.63, 3.8) is 0 Å². The van der Waals surface area contributed by atoms with Crippen molar-refractivity contribution >= 4 is 7.25 Å². The van der Waals surface area contributed by atoms with Crippen molar-refractivity contribution in [1.82, 2.24) is 0 Å². The van der Waals surface area contributed by atoms with E-state index in [0.717, 1.165) is 6.54 Å². The molecule has 0 unspecified atom stereocenters. The van der Waals surface area contributed by atoms with E-state index in [1.165, 1.54) is 64.2 Å². The lowest BCUT2D eigenvalue weighted by molar-refractivity contribution is -0.368. The van der Waals surface area contributed by atoms with Crippen LogP contribution in [0.15, 0.2) is 0 Å². The average Bonchev–Trinajstić information content (AvgIpc) is 2.25. The second-order valence-electron chi connectivity index (χ2n) is 4.53. The highest BCUT2D eigenvalue weighted by molar-refractivity contribution is 6.50. The van der Waals surface area contributed by atoms with Crippen LogP contribution in [0.4, 0.5) is 17.3 Å². The van der Waals surface area contributed by atoms with Crippen LogP contribution < -0.4 is 5.73 Å². The maximum atomic E-state index is 9.75. The molecule has 0 aromatic rings. The number of quaternary nitrogens is 1. The molecule has 0 spiro atoms. The van der Waals surface area contributed by atoms with Crippen molar-refractivity contribution in [2.24, 2.45) is 0 Å². The molecular weight excluding hydrogens is 245 g/mol. The Morgan fingerprint density at radius 1 is 0.667 bits per heavy atom. The van der Waals surface area contributed by atoms with Gasteiger partial charge in [-0.1, -0.05) is 58.3 Å². The van der Waals surface area contributed by atoms with Crippen LogP contribution in [0.5, 0.6) is 0 Å². The Hall–Kier alpha value is -0.255. The van der Waals surface area contributed by atoms with Gasteiger partial charge in [-0.15, -0.1) is 0 Å². The maximum Gasteiger partial charge on any atom is 0.673 e. The first-order valence-corrected chi connectivity index (χ1v) is 7.08. The van der Waals surface area contributed by atoms with E-state index in [4.69, 9.17) is 0 Å². The second kappa shape index (κ2) is 14.8. The van der Waals surface area contributed by atoms with E-state index in [2.05, 4.69) is 12.7 Å². The lowest BCUT2D eigenvalue weighted by atomic mass is 10.1. The minimum absolute atomic E-state index is 1.12. The summed E-state index contributed by atoms with van der Waals surface area (Å²) in [5.74, 6) is 0. The van der Waals surface area contributed by atoms with E-state index >= 15 is 0 Å². The van der Waals surface area contributed by atoms with E-state index in [1.807, 2.05) is 0 Å². The van der Waals surface area contributed by atoms with Crippen molar-refractivity contribution in [2.75, 3.05) is 6.54 Å². The van der Waals surface area contributed by atoms with Crippen LogP contribution in [-0.2, 0) is 0 Å². The summed E-state index contributed by atoms with van der Waals surface area (Å²) in [4.78, 5) is 0. The largest absolute Gasteiger partial charge is 0.673 e. The zero-order valence-corrected chi connectivity index (χ0v) is 11.6. The van der Waals surface area contributed by atoms with Crippen molar-refractivity contribution in [3.8, 4) is 0 Å². The summed E-state index contributed by atoms with van der Waals surface area (Å²) >= 11 is 0. The molecular formula is C12H28BF4N. The van der Waals surface area contributed by atoms with Gasteiger partial charge in [-0.25, -0.2) is 0 Å². The normalized spacial score (nSPS) is 11.0. The average molecular weight is 273 g/mol. The summed E-state index contributed by atoms with van der Waals surface area (Å²) in [5.41, 5.74) is 3.85. The SMILES string of the molecule is CCCCCCCCCCCC[NH3+].F[B-](F)(F)F. The van der Waals surface area contributed by atoms with Gasteiger partial charge in [0.2, 0.25) is 0 Å². The molecule has 0 radical (unpaired) electrons. The van der Waals surface area contributed by atoms with Crippen molar-refractivity contribution in [3.05, 3.63) is 0 Å². The number of hydrogen-bond donors (Lipinski definition) is 1.